The van der Waals surface area contributed by atoms with E-state index in [4.69, 9.17) is 14.2 Å². The molecule has 0 aliphatic rings. The lowest BCUT2D eigenvalue weighted by Crippen LogP contribution is -2.16. The van der Waals surface area contributed by atoms with Crippen LogP contribution in [0.15, 0.2) is 0 Å². The summed E-state index contributed by atoms with van der Waals surface area (Å²) in [5.74, 6) is 0.167. The topological polar surface area (TPSA) is 56.8 Å². The number of carbonyl (C=O) groups excluding carboxylic acids is 1. The van der Waals surface area contributed by atoms with E-state index in [9.17, 15) is 4.79 Å². The second-order valence-electron chi connectivity index (χ2n) is 3.23. The number of ketones is 1. The van der Waals surface area contributed by atoms with Gasteiger partial charge >= 0.3 is 0 Å². The molecule has 0 aliphatic carbocycles. The van der Waals surface area contributed by atoms with Gasteiger partial charge < -0.3 is 24.3 Å². The lowest BCUT2D eigenvalue weighted by molar-refractivity contribution is -0.114. The first-order valence-electron chi connectivity index (χ1n) is 6.41. The van der Waals surface area contributed by atoms with Crippen molar-refractivity contribution in [2.75, 3.05) is 53.7 Å². The van der Waals surface area contributed by atoms with E-state index in [-0.39, 0.29) is 5.78 Å². The van der Waals surface area contributed by atoms with Gasteiger partial charge in [-0.15, -0.1) is 0 Å². The van der Waals surface area contributed by atoms with E-state index in [1.54, 1.807) is 7.11 Å². The van der Waals surface area contributed by atoms with Crippen LogP contribution < -0.4 is 5.32 Å². The number of rotatable bonds is 9. The van der Waals surface area contributed by atoms with Gasteiger partial charge in [-0.25, -0.2) is 0 Å². The highest BCUT2D eigenvalue weighted by atomic mass is 16.5. The van der Waals surface area contributed by atoms with Gasteiger partial charge in [0.25, 0.3) is 0 Å². The molecule has 0 unspecified atom stereocenters. The number of hydrogen-bond donors (Lipinski definition) is 1. The van der Waals surface area contributed by atoms with Gasteiger partial charge in [0.15, 0.2) is 0 Å². The van der Waals surface area contributed by atoms with Crippen molar-refractivity contribution in [3.05, 3.63) is 0 Å². The van der Waals surface area contributed by atoms with E-state index in [0.29, 0.717) is 26.4 Å². The summed E-state index contributed by atoms with van der Waals surface area (Å²) in [4.78, 5) is 9.44. The first-order chi connectivity index (χ1) is 8.65. The van der Waals surface area contributed by atoms with E-state index in [1.807, 2.05) is 20.9 Å². The Morgan fingerprint density at radius 1 is 0.944 bits per heavy atom. The molecule has 0 radical (unpaired) electrons. The third kappa shape index (κ3) is 45.1. The molecule has 0 amide bonds. The van der Waals surface area contributed by atoms with Gasteiger partial charge in [-0.05, 0) is 20.9 Å². The fraction of sp³-hybridized carbons (Fsp3) is 0.923. The Labute approximate surface area is 112 Å². The number of nitrogens with one attached hydrogen (secondary N) is 1. The van der Waals surface area contributed by atoms with Crippen molar-refractivity contribution in [2.24, 2.45) is 0 Å². The zero-order valence-corrected chi connectivity index (χ0v) is 12.9. The standard InChI is InChI=1S/C8H19NO3.C3H6O.C2H6/c1-9-3-4-11-7-8-12-6-5-10-2;1-3(2)4;1-2/h9H,3-8H2,1-2H3;1-2H3;1-2H3. The first kappa shape index (κ1) is 22.7. The quantitative estimate of drug-likeness (QED) is 0.640. The number of ether oxygens (including phenoxy) is 3. The SMILES string of the molecule is CC.CC(C)=O.CNCCOCCOCCOC. The minimum atomic E-state index is 0.167. The Hall–Kier alpha value is -0.490. The predicted molar refractivity (Wildman–Crippen MR) is 75.1 cm³/mol. The minimum Gasteiger partial charge on any atom is -0.382 e. The molecule has 112 valence electrons. The third-order valence-corrected chi connectivity index (χ3v) is 1.30. The van der Waals surface area contributed by atoms with Gasteiger partial charge in [0.1, 0.15) is 5.78 Å². The van der Waals surface area contributed by atoms with Crippen LogP contribution in [0.1, 0.15) is 27.7 Å². The molecule has 0 bridgehead atoms. The average molecular weight is 265 g/mol. The van der Waals surface area contributed by atoms with Crippen molar-refractivity contribution in [3.8, 4) is 0 Å². The van der Waals surface area contributed by atoms with Gasteiger partial charge in [0.2, 0.25) is 0 Å². The molecule has 18 heavy (non-hydrogen) atoms. The summed E-state index contributed by atoms with van der Waals surface area (Å²) in [7, 11) is 3.56. The molecular weight excluding hydrogens is 234 g/mol. The normalized spacial score (nSPS) is 8.78. The van der Waals surface area contributed by atoms with Gasteiger partial charge in [0, 0.05) is 13.7 Å². The van der Waals surface area contributed by atoms with Gasteiger partial charge in [-0.2, -0.15) is 0 Å². The van der Waals surface area contributed by atoms with Crippen molar-refractivity contribution in [2.45, 2.75) is 27.7 Å². The lowest BCUT2D eigenvalue weighted by Gasteiger charge is -2.04. The average Bonchev–Trinajstić information content (AvgIpc) is 2.34. The lowest BCUT2D eigenvalue weighted by atomic mass is 10.6. The molecule has 0 spiro atoms. The zero-order valence-electron chi connectivity index (χ0n) is 12.9. The maximum atomic E-state index is 9.44. The predicted octanol–water partition coefficient (Wildman–Crippen LogP) is 1.51. The Kier molecular flexibility index (Phi) is 32.0. The summed E-state index contributed by atoms with van der Waals surface area (Å²) in [6.07, 6.45) is 0. The van der Waals surface area contributed by atoms with E-state index in [1.165, 1.54) is 13.8 Å². The molecule has 1 N–H and O–H groups in total. The number of hydrogen-bond acceptors (Lipinski definition) is 5. The maximum absolute atomic E-state index is 9.44. The molecule has 0 saturated heterocycles. The molecule has 0 aromatic rings. The van der Waals surface area contributed by atoms with Crippen LogP contribution in [0.25, 0.3) is 0 Å². The van der Waals surface area contributed by atoms with Crippen LogP contribution in [0.3, 0.4) is 0 Å². The Morgan fingerprint density at radius 2 is 1.33 bits per heavy atom. The molecule has 0 heterocycles. The monoisotopic (exact) mass is 265 g/mol. The number of methoxy groups -OCH3 is 1. The Bertz CT molecular complexity index is 129. The Morgan fingerprint density at radius 3 is 1.72 bits per heavy atom. The van der Waals surface area contributed by atoms with Crippen LogP contribution in [0.4, 0.5) is 0 Å². The first-order valence-corrected chi connectivity index (χ1v) is 6.41. The van der Waals surface area contributed by atoms with Crippen molar-refractivity contribution >= 4 is 5.78 Å². The zero-order chi connectivity index (χ0) is 14.6. The van der Waals surface area contributed by atoms with Crippen molar-refractivity contribution in [1.82, 2.24) is 5.32 Å². The van der Waals surface area contributed by atoms with E-state index >= 15 is 0 Å². The number of likely N-dealkylation sites (N-methyl/N-ethyl adjacent to an activating group) is 1. The van der Waals surface area contributed by atoms with Crippen LogP contribution in [0.2, 0.25) is 0 Å². The van der Waals surface area contributed by atoms with Crippen molar-refractivity contribution in [1.29, 1.82) is 0 Å². The summed E-state index contributed by atoms with van der Waals surface area (Å²) >= 11 is 0. The molecule has 5 heteroatoms. The highest BCUT2D eigenvalue weighted by molar-refractivity contribution is 5.72. The summed E-state index contributed by atoms with van der Waals surface area (Å²) in [5.41, 5.74) is 0. The molecule has 0 aliphatic heterocycles. The van der Waals surface area contributed by atoms with Crippen LogP contribution in [0, 0.1) is 0 Å². The highest BCUT2D eigenvalue weighted by Crippen LogP contribution is 1.78. The number of carbonyl (C=O) groups is 1. The largest absolute Gasteiger partial charge is 0.382 e. The molecular formula is C13H31NO4. The van der Waals surface area contributed by atoms with E-state index < -0.39 is 0 Å². The molecule has 0 fully saturated rings. The summed E-state index contributed by atoms with van der Waals surface area (Å²) < 4.78 is 15.2. The van der Waals surface area contributed by atoms with Gasteiger partial charge in [-0.1, -0.05) is 13.8 Å². The van der Waals surface area contributed by atoms with Crippen molar-refractivity contribution < 1.29 is 19.0 Å². The molecule has 0 aromatic heterocycles. The number of Topliss-reactive ketones (excluding diaryl/α,β-unsaturated/α-hetero) is 1. The molecule has 0 atom stereocenters. The van der Waals surface area contributed by atoms with Crippen LogP contribution >= 0.6 is 0 Å². The molecule has 5 nitrogen and oxygen atoms in total. The minimum absolute atomic E-state index is 0.167. The van der Waals surface area contributed by atoms with Crippen molar-refractivity contribution in [3.63, 3.8) is 0 Å². The second kappa shape index (κ2) is 25.4. The molecule has 0 aromatic carbocycles. The van der Waals surface area contributed by atoms with E-state index in [2.05, 4.69) is 5.32 Å². The molecule has 0 saturated carbocycles. The summed E-state index contributed by atoms with van der Waals surface area (Å²) in [5, 5.41) is 2.99. The second-order valence-corrected chi connectivity index (χ2v) is 3.23. The Balaban J connectivity index is -0.000000317. The van der Waals surface area contributed by atoms with Crippen LogP contribution in [-0.4, -0.2) is 59.5 Å². The van der Waals surface area contributed by atoms with Crippen LogP contribution in [-0.2, 0) is 19.0 Å². The van der Waals surface area contributed by atoms with Crippen LogP contribution in [0.5, 0.6) is 0 Å². The molecule has 0 rings (SSSR count). The van der Waals surface area contributed by atoms with Gasteiger partial charge in [0.05, 0.1) is 33.0 Å². The maximum Gasteiger partial charge on any atom is 0.126 e. The van der Waals surface area contributed by atoms with Gasteiger partial charge in [-0.3, -0.25) is 0 Å². The highest BCUT2D eigenvalue weighted by Gasteiger charge is 1.88. The summed E-state index contributed by atoms with van der Waals surface area (Å²) in [6, 6.07) is 0. The summed E-state index contributed by atoms with van der Waals surface area (Å²) in [6.45, 7) is 11.3. The fourth-order valence-corrected chi connectivity index (χ4v) is 0.638. The van der Waals surface area contributed by atoms with E-state index in [0.717, 1.165) is 13.2 Å². The fourth-order valence-electron chi connectivity index (χ4n) is 0.638. The smallest absolute Gasteiger partial charge is 0.126 e. The third-order valence-electron chi connectivity index (χ3n) is 1.30.